The first-order chi connectivity index (χ1) is 9.56. The van der Waals surface area contributed by atoms with Crippen LogP contribution in [0.1, 0.15) is 32.1 Å². The Morgan fingerprint density at radius 3 is 2.75 bits per heavy atom. The molecule has 0 saturated heterocycles. The minimum absolute atomic E-state index is 0.141. The number of rotatable bonds is 5. The monoisotopic (exact) mass is 340 g/mol. The highest BCUT2D eigenvalue weighted by molar-refractivity contribution is 9.10. The van der Waals surface area contributed by atoms with Crippen molar-refractivity contribution in [3.05, 3.63) is 28.6 Å². The van der Waals surface area contributed by atoms with Crippen LogP contribution in [0.4, 0.5) is 0 Å². The van der Waals surface area contributed by atoms with Crippen LogP contribution in [0.5, 0.6) is 5.75 Å². The summed E-state index contributed by atoms with van der Waals surface area (Å²) < 4.78 is 11.3. The molecule has 20 heavy (non-hydrogen) atoms. The molecule has 0 aliphatic carbocycles. The fourth-order valence-electron chi connectivity index (χ4n) is 2.03. The van der Waals surface area contributed by atoms with Gasteiger partial charge in [-0.2, -0.15) is 4.98 Å². The number of halogens is 1. The lowest BCUT2D eigenvalue weighted by atomic mass is 10.0. The van der Waals surface area contributed by atoms with E-state index < -0.39 is 6.10 Å². The smallest absolute Gasteiger partial charge is 0.232 e. The SMILES string of the molecule is CCC(c1nc(-c2ccc(OC)c(Br)c2)no1)C(C)O. The third-order valence-electron chi connectivity index (χ3n) is 3.19. The minimum atomic E-state index is -0.518. The fourth-order valence-corrected chi connectivity index (χ4v) is 2.57. The summed E-state index contributed by atoms with van der Waals surface area (Å²) in [5.41, 5.74) is 0.827. The van der Waals surface area contributed by atoms with Gasteiger partial charge in [0, 0.05) is 5.56 Å². The van der Waals surface area contributed by atoms with Crippen LogP contribution in [-0.4, -0.2) is 28.5 Å². The summed E-state index contributed by atoms with van der Waals surface area (Å²) in [5.74, 6) is 1.57. The van der Waals surface area contributed by atoms with Gasteiger partial charge in [-0.1, -0.05) is 12.1 Å². The number of ether oxygens (including phenoxy) is 1. The molecule has 0 fully saturated rings. The van der Waals surface area contributed by atoms with Crippen molar-refractivity contribution in [2.24, 2.45) is 0 Å². The second kappa shape index (κ2) is 6.37. The number of aliphatic hydroxyl groups excluding tert-OH is 1. The quantitative estimate of drug-likeness (QED) is 0.903. The van der Waals surface area contributed by atoms with Gasteiger partial charge in [-0.05, 0) is 47.5 Å². The Morgan fingerprint density at radius 2 is 2.20 bits per heavy atom. The van der Waals surface area contributed by atoms with Crippen molar-refractivity contribution in [1.82, 2.24) is 10.1 Å². The second-order valence-electron chi connectivity index (χ2n) is 4.56. The van der Waals surface area contributed by atoms with E-state index in [1.165, 1.54) is 0 Å². The molecule has 1 heterocycles. The van der Waals surface area contributed by atoms with E-state index in [4.69, 9.17) is 9.26 Å². The van der Waals surface area contributed by atoms with Crippen molar-refractivity contribution in [3.8, 4) is 17.1 Å². The molecule has 108 valence electrons. The molecule has 0 amide bonds. The first-order valence-corrected chi connectivity index (χ1v) is 7.21. The van der Waals surface area contributed by atoms with Gasteiger partial charge in [0.2, 0.25) is 11.7 Å². The molecule has 2 aromatic rings. The van der Waals surface area contributed by atoms with Crippen LogP contribution >= 0.6 is 15.9 Å². The Kier molecular flexibility index (Phi) is 4.77. The van der Waals surface area contributed by atoms with Crippen molar-refractivity contribution < 1.29 is 14.4 Å². The van der Waals surface area contributed by atoms with Gasteiger partial charge in [0.05, 0.1) is 23.6 Å². The number of aliphatic hydroxyl groups is 1. The zero-order valence-electron chi connectivity index (χ0n) is 11.6. The Hall–Kier alpha value is -1.40. The molecule has 6 heteroatoms. The minimum Gasteiger partial charge on any atom is -0.496 e. The Labute approximate surface area is 126 Å². The lowest BCUT2D eigenvalue weighted by Gasteiger charge is -2.12. The summed E-state index contributed by atoms with van der Waals surface area (Å²) in [7, 11) is 1.61. The Bertz CT molecular complexity index is 584. The largest absolute Gasteiger partial charge is 0.496 e. The molecule has 0 spiro atoms. The Morgan fingerprint density at radius 1 is 1.45 bits per heavy atom. The summed E-state index contributed by atoms with van der Waals surface area (Å²) in [6, 6.07) is 5.57. The first-order valence-electron chi connectivity index (χ1n) is 6.42. The predicted octanol–water partition coefficient (Wildman–Crippen LogP) is 3.38. The van der Waals surface area contributed by atoms with Gasteiger partial charge in [-0.3, -0.25) is 0 Å². The van der Waals surface area contributed by atoms with Crippen LogP contribution in [-0.2, 0) is 0 Å². The van der Waals surface area contributed by atoms with E-state index in [2.05, 4.69) is 26.1 Å². The summed E-state index contributed by atoms with van der Waals surface area (Å²) in [5, 5.41) is 13.7. The molecular formula is C14H17BrN2O3. The number of aromatic nitrogens is 2. The van der Waals surface area contributed by atoms with E-state index in [-0.39, 0.29) is 5.92 Å². The van der Waals surface area contributed by atoms with E-state index in [0.29, 0.717) is 11.7 Å². The molecule has 0 radical (unpaired) electrons. The summed E-state index contributed by atoms with van der Waals surface area (Å²) in [4.78, 5) is 4.37. The fraction of sp³-hybridized carbons (Fsp3) is 0.429. The molecule has 1 aromatic carbocycles. The standard InChI is InChI=1S/C14H17BrN2O3/c1-4-10(8(2)18)14-16-13(17-20-14)9-5-6-12(19-3)11(15)7-9/h5-8,10,18H,4H2,1-3H3. The normalized spacial score (nSPS) is 14.1. The molecule has 0 saturated carbocycles. The molecule has 0 bridgehead atoms. The van der Waals surface area contributed by atoms with Gasteiger partial charge in [-0.25, -0.2) is 0 Å². The molecule has 1 aromatic heterocycles. The topological polar surface area (TPSA) is 68.4 Å². The van der Waals surface area contributed by atoms with Crippen molar-refractivity contribution in [2.75, 3.05) is 7.11 Å². The maximum atomic E-state index is 9.71. The highest BCUT2D eigenvalue weighted by atomic mass is 79.9. The van der Waals surface area contributed by atoms with Gasteiger partial charge in [0.25, 0.3) is 0 Å². The van der Waals surface area contributed by atoms with Gasteiger partial charge in [0.1, 0.15) is 5.75 Å². The van der Waals surface area contributed by atoms with E-state index in [9.17, 15) is 5.11 Å². The lowest BCUT2D eigenvalue weighted by Crippen LogP contribution is -2.13. The van der Waals surface area contributed by atoms with Crippen molar-refractivity contribution in [1.29, 1.82) is 0 Å². The van der Waals surface area contributed by atoms with Crippen molar-refractivity contribution in [2.45, 2.75) is 32.3 Å². The number of hydrogen-bond acceptors (Lipinski definition) is 5. The summed E-state index contributed by atoms with van der Waals surface area (Å²) >= 11 is 3.43. The highest BCUT2D eigenvalue weighted by Gasteiger charge is 2.22. The molecule has 2 unspecified atom stereocenters. The predicted molar refractivity (Wildman–Crippen MR) is 78.7 cm³/mol. The molecule has 5 nitrogen and oxygen atoms in total. The first kappa shape index (κ1) is 15.0. The molecule has 2 rings (SSSR count). The number of benzene rings is 1. The van der Waals surface area contributed by atoms with Crippen molar-refractivity contribution in [3.63, 3.8) is 0 Å². The Balaban J connectivity index is 2.31. The zero-order valence-corrected chi connectivity index (χ0v) is 13.2. The second-order valence-corrected chi connectivity index (χ2v) is 5.42. The van der Waals surface area contributed by atoms with Crippen LogP contribution in [0, 0.1) is 0 Å². The van der Waals surface area contributed by atoms with Crippen LogP contribution in [0.3, 0.4) is 0 Å². The third-order valence-corrected chi connectivity index (χ3v) is 3.81. The average molecular weight is 341 g/mol. The third kappa shape index (κ3) is 3.02. The zero-order chi connectivity index (χ0) is 14.7. The van der Waals surface area contributed by atoms with Gasteiger partial charge in [-0.15, -0.1) is 0 Å². The van der Waals surface area contributed by atoms with Crippen LogP contribution in [0.2, 0.25) is 0 Å². The van der Waals surface area contributed by atoms with Crippen LogP contribution in [0.25, 0.3) is 11.4 Å². The van der Waals surface area contributed by atoms with Gasteiger partial charge in [0.15, 0.2) is 0 Å². The van der Waals surface area contributed by atoms with Gasteiger partial charge < -0.3 is 14.4 Å². The van der Waals surface area contributed by atoms with Crippen molar-refractivity contribution >= 4 is 15.9 Å². The number of nitrogens with zero attached hydrogens (tertiary/aromatic N) is 2. The van der Waals surface area contributed by atoms with Crippen LogP contribution in [0.15, 0.2) is 27.2 Å². The van der Waals surface area contributed by atoms with E-state index in [1.807, 2.05) is 25.1 Å². The lowest BCUT2D eigenvalue weighted by molar-refractivity contribution is 0.141. The maximum Gasteiger partial charge on any atom is 0.232 e. The molecule has 0 aliphatic rings. The van der Waals surface area contributed by atoms with E-state index in [1.54, 1.807) is 14.0 Å². The molecule has 1 N–H and O–H groups in total. The van der Waals surface area contributed by atoms with E-state index >= 15 is 0 Å². The average Bonchev–Trinajstić information content (AvgIpc) is 2.88. The number of methoxy groups -OCH3 is 1. The molecule has 2 atom stereocenters. The summed E-state index contributed by atoms with van der Waals surface area (Å²) in [6.07, 6.45) is 0.224. The molecule has 0 aliphatic heterocycles. The highest BCUT2D eigenvalue weighted by Crippen LogP contribution is 2.30. The maximum absolute atomic E-state index is 9.71. The van der Waals surface area contributed by atoms with E-state index in [0.717, 1.165) is 22.2 Å². The van der Waals surface area contributed by atoms with Crippen LogP contribution < -0.4 is 4.74 Å². The molecular weight excluding hydrogens is 324 g/mol. The summed E-state index contributed by atoms with van der Waals surface area (Å²) in [6.45, 7) is 3.70. The number of hydrogen-bond donors (Lipinski definition) is 1. The van der Waals surface area contributed by atoms with Gasteiger partial charge >= 0.3 is 0 Å².